The molecule has 1 fully saturated rings. The van der Waals surface area contributed by atoms with Crippen molar-refractivity contribution in [1.82, 2.24) is 9.27 Å². The van der Waals surface area contributed by atoms with E-state index in [0.29, 0.717) is 11.6 Å². The third kappa shape index (κ3) is 5.16. The highest BCUT2D eigenvalue weighted by Crippen LogP contribution is 2.16. The molecule has 2 rings (SSSR count). The molecule has 6 heteroatoms. The molecule has 1 aromatic rings. The van der Waals surface area contributed by atoms with E-state index in [1.165, 1.54) is 15.5 Å². The summed E-state index contributed by atoms with van der Waals surface area (Å²) in [6.45, 7) is 13.7. The van der Waals surface area contributed by atoms with Crippen molar-refractivity contribution in [3.8, 4) is 0 Å². The second-order valence-electron chi connectivity index (χ2n) is 4.45. The standard InChI is InChI=1S/C14H16N2O3S.C2H6.C2H4/c1-3-5-6-9-11(4-2)20-16(14(9)19)10-7-8-12(17)15-13(10)18;2*1-2/h3-6,10H,7-8H2,1-2H3,(H,15,17,18);1-2H3;1-2H2/b5-3-,9-6+,11-4+;;. The van der Waals surface area contributed by atoms with Crippen molar-refractivity contribution in [2.75, 3.05) is 0 Å². The van der Waals surface area contributed by atoms with E-state index in [9.17, 15) is 14.4 Å². The minimum Gasteiger partial charge on any atom is -0.295 e. The van der Waals surface area contributed by atoms with Gasteiger partial charge in [-0.05, 0) is 26.3 Å². The zero-order valence-electron chi connectivity index (χ0n) is 14.8. The Kier molecular flexibility index (Phi) is 10.3. The highest BCUT2D eigenvalue weighted by atomic mass is 32.1. The molecule has 1 aliphatic rings. The number of rotatable bonds is 2. The van der Waals surface area contributed by atoms with E-state index in [1.807, 2.05) is 39.8 Å². The number of aromatic nitrogens is 1. The number of carbonyl (C=O) groups excluding carboxylic acids is 2. The fraction of sp³-hybridized carbons (Fsp3) is 0.389. The minimum atomic E-state index is -0.586. The highest BCUT2D eigenvalue weighted by Gasteiger charge is 2.29. The van der Waals surface area contributed by atoms with Crippen molar-refractivity contribution >= 4 is 35.5 Å². The number of nitrogens with one attached hydrogen (secondary N) is 1. The van der Waals surface area contributed by atoms with Crippen LogP contribution in [-0.4, -0.2) is 15.8 Å². The Morgan fingerprint density at radius 1 is 1.21 bits per heavy atom. The van der Waals surface area contributed by atoms with Gasteiger partial charge in [-0.2, -0.15) is 0 Å². The maximum Gasteiger partial charge on any atom is 0.269 e. The predicted molar refractivity (Wildman–Crippen MR) is 101 cm³/mol. The lowest BCUT2D eigenvalue weighted by Gasteiger charge is -2.20. The quantitative estimate of drug-likeness (QED) is 0.654. The highest BCUT2D eigenvalue weighted by molar-refractivity contribution is 7.04. The molecule has 24 heavy (non-hydrogen) atoms. The topological polar surface area (TPSA) is 68.2 Å². The number of allylic oxidation sites excluding steroid dienone is 2. The third-order valence-corrected chi connectivity index (χ3v) is 4.37. The van der Waals surface area contributed by atoms with Gasteiger partial charge in [0.25, 0.3) is 11.5 Å². The van der Waals surface area contributed by atoms with Crippen molar-refractivity contribution in [3.05, 3.63) is 45.4 Å². The van der Waals surface area contributed by atoms with Crippen LogP contribution in [0.4, 0.5) is 0 Å². The minimum absolute atomic E-state index is 0.185. The second-order valence-corrected chi connectivity index (χ2v) is 5.46. The zero-order chi connectivity index (χ0) is 18.7. The van der Waals surface area contributed by atoms with E-state index in [0.717, 1.165) is 4.53 Å². The number of piperidine rings is 1. The molecule has 1 saturated heterocycles. The van der Waals surface area contributed by atoms with Crippen molar-refractivity contribution in [3.63, 3.8) is 0 Å². The number of hydrogen-bond donors (Lipinski definition) is 1. The van der Waals surface area contributed by atoms with E-state index in [1.54, 1.807) is 12.2 Å². The predicted octanol–water partition coefficient (Wildman–Crippen LogP) is 1.87. The summed E-state index contributed by atoms with van der Waals surface area (Å²) >= 11 is 1.26. The molecule has 0 spiro atoms. The van der Waals surface area contributed by atoms with Gasteiger partial charge >= 0.3 is 0 Å². The Hall–Kier alpha value is -2.21. The Morgan fingerprint density at radius 3 is 2.33 bits per heavy atom. The lowest BCUT2D eigenvalue weighted by atomic mass is 10.1. The summed E-state index contributed by atoms with van der Waals surface area (Å²) < 4.78 is 2.30. The van der Waals surface area contributed by atoms with Crippen LogP contribution in [0.1, 0.15) is 46.6 Å². The van der Waals surface area contributed by atoms with Gasteiger partial charge in [0.1, 0.15) is 6.04 Å². The first-order valence-electron chi connectivity index (χ1n) is 7.93. The van der Waals surface area contributed by atoms with Crippen LogP contribution in [0, 0.1) is 0 Å². The molecule has 1 aliphatic heterocycles. The number of nitrogens with zero attached hydrogens (tertiary/aromatic N) is 1. The summed E-state index contributed by atoms with van der Waals surface area (Å²) in [4.78, 5) is 35.4. The van der Waals surface area contributed by atoms with Gasteiger partial charge in [0.2, 0.25) is 5.91 Å². The van der Waals surface area contributed by atoms with E-state index >= 15 is 0 Å². The van der Waals surface area contributed by atoms with Gasteiger partial charge in [-0.25, -0.2) is 0 Å². The van der Waals surface area contributed by atoms with Crippen molar-refractivity contribution in [2.45, 2.75) is 46.6 Å². The molecule has 1 unspecified atom stereocenters. The normalized spacial score (nSPS) is 18.6. The van der Waals surface area contributed by atoms with Gasteiger partial charge in [0.05, 0.1) is 9.75 Å². The average Bonchev–Trinajstić information content (AvgIpc) is 2.92. The summed E-state index contributed by atoms with van der Waals surface area (Å²) in [5, 5.41) is 2.86. The van der Waals surface area contributed by atoms with Gasteiger partial charge in [-0.3, -0.25) is 23.7 Å². The lowest BCUT2D eigenvalue weighted by Crippen LogP contribution is -2.45. The SMILES string of the molecule is C=C.CC.C\C=C/C=c1/c(=O)n(C2CCC(=O)NC2=O)s/c1=C/C. The Bertz CT molecular complexity index is 756. The summed E-state index contributed by atoms with van der Waals surface area (Å²) in [5.41, 5.74) is -0.185. The van der Waals surface area contributed by atoms with Crippen LogP contribution in [0.5, 0.6) is 0 Å². The first-order valence-corrected chi connectivity index (χ1v) is 8.70. The fourth-order valence-electron chi connectivity index (χ4n) is 2.09. The van der Waals surface area contributed by atoms with Crippen LogP contribution in [0.15, 0.2) is 30.1 Å². The summed E-state index contributed by atoms with van der Waals surface area (Å²) in [7, 11) is 0. The van der Waals surface area contributed by atoms with Gasteiger partial charge in [0, 0.05) is 6.42 Å². The summed E-state index contributed by atoms with van der Waals surface area (Å²) in [5.74, 6) is -0.677. The monoisotopic (exact) mass is 350 g/mol. The largest absolute Gasteiger partial charge is 0.295 e. The zero-order valence-corrected chi connectivity index (χ0v) is 15.6. The summed E-state index contributed by atoms with van der Waals surface area (Å²) in [6, 6.07) is -0.586. The third-order valence-electron chi connectivity index (χ3n) is 3.10. The van der Waals surface area contributed by atoms with Gasteiger partial charge in [-0.1, -0.05) is 43.6 Å². The lowest BCUT2D eigenvalue weighted by molar-refractivity contribution is -0.135. The van der Waals surface area contributed by atoms with E-state index < -0.39 is 11.9 Å². The smallest absolute Gasteiger partial charge is 0.269 e. The number of imide groups is 1. The number of hydrogen-bond acceptors (Lipinski definition) is 4. The molecular weight excluding hydrogens is 324 g/mol. The number of amides is 2. The Balaban J connectivity index is 0.00000123. The van der Waals surface area contributed by atoms with Crippen LogP contribution >= 0.6 is 11.5 Å². The van der Waals surface area contributed by atoms with Crippen molar-refractivity contribution in [1.29, 1.82) is 0 Å². The molecule has 132 valence electrons. The molecule has 2 heterocycles. The van der Waals surface area contributed by atoms with Gasteiger partial charge in [0.15, 0.2) is 0 Å². The van der Waals surface area contributed by atoms with Crippen LogP contribution in [-0.2, 0) is 9.59 Å². The molecule has 0 saturated carbocycles. The second kappa shape index (κ2) is 11.3. The molecule has 0 aromatic carbocycles. The van der Waals surface area contributed by atoms with E-state index in [4.69, 9.17) is 0 Å². The number of carbonyl (C=O) groups is 2. The Labute approximate surface area is 146 Å². The first-order chi connectivity index (χ1) is 11.6. The Morgan fingerprint density at radius 2 is 1.83 bits per heavy atom. The van der Waals surface area contributed by atoms with Crippen LogP contribution < -0.4 is 20.6 Å². The molecule has 0 aliphatic carbocycles. The molecule has 5 nitrogen and oxygen atoms in total. The van der Waals surface area contributed by atoms with Crippen LogP contribution in [0.25, 0.3) is 12.2 Å². The van der Waals surface area contributed by atoms with E-state index in [-0.39, 0.29) is 17.9 Å². The van der Waals surface area contributed by atoms with Gasteiger partial charge < -0.3 is 0 Å². The molecule has 1 N–H and O–H groups in total. The van der Waals surface area contributed by atoms with Crippen molar-refractivity contribution in [2.24, 2.45) is 0 Å². The van der Waals surface area contributed by atoms with Crippen LogP contribution in [0.3, 0.4) is 0 Å². The molecule has 0 radical (unpaired) electrons. The van der Waals surface area contributed by atoms with E-state index in [2.05, 4.69) is 18.5 Å². The molecule has 1 atom stereocenters. The fourth-order valence-corrected chi connectivity index (χ4v) is 3.17. The molecular formula is C18H26N2O3S. The van der Waals surface area contributed by atoms with Gasteiger partial charge in [-0.15, -0.1) is 13.2 Å². The van der Waals surface area contributed by atoms with Crippen molar-refractivity contribution < 1.29 is 9.59 Å². The molecule has 2 amide bonds. The molecule has 0 bridgehead atoms. The average molecular weight is 350 g/mol. The summed E-state index contributed by atoms with van der Waals surface area (Å²) in [6.07, 6.45) is 7.87. The maximum atomic E-state index is 12.4. The maximum absolute atomic E-state index is 12.4. The molecule has 1 aromatic heterocycles. The first kappa shape index (κ1) is 21.8. The van der Waals surface area contributed by atoms with Crippen LogP contribution in [0.2, 0.25) is 0 Å².